The summed E-state index contributed by atoms with van der Waals surface area (Å²) in [6, 6.07) is 19.7. The van der Waals surface area contributed by atoms with Crippen LogP contribution in [0.1, 0.15) is 43.9 Å². The third kappa shape index (κ3) is 8.78. The second-order valence-corrected chi connectivity index (χ2v) is 11.0. The van der Waals surface area contributed by atoms with Gasteiger partial charge in [0.15, 0.2) is 0 Å². The number of H-pyrrole nitrogens is 1. The summed E-state index contributed by atoms with van der Waals surface area (Å²) in [5.41, 5.74) is 3.66. The van der Waals surface area contributed by atoms with Gasteiger partial charge in [0, 0.05) is 56.0 Å². The highest BCUT2D eigenvalue weighted by atomic mass is 16.5. The standard InChI is InChI=1S/C34H39N5O4/c1-23(2)17-30(38-24(3)40)34(42)39(4)31(18-25-11-7-5-8-12-25)33(41)35-16-15-27-20-36-29-19-32(37-21-28(27)29)43-22-26-13-9-6-10-14-26/h5-16,19-21,23,30-31,36H,17-18,22H2,1-4H3,(H,35,41)(H,38,40)/b16-15-/t30-,31?/m1/s1. The van der Waals surface area contributed by atoms with Gasteiger partial charge in [0.25, 0.3) is 0 Å². The van der Waals surface area contributed by atoms with Crippen LogP contribution in [0.4, 0.5) is 0 Å². The Kier molecular flexibility index (Phi) is 10.7. The molecule has 9 nitrogen and oxygen atoms in total. The second kappa shape index (κ2) is 14.8. The van der Waals surface area contributed by atoms with Gasteiger partial charge in [0.1, 0.15) is 18.7 Å². The number of amides is 3. The van der Waals surface area contributed by atoms with Gasteiger partial charge in [-0.2, -0.15) is 0 Å². The molecule has 0 bridgehead atoms. The third-order valence-corrected chi connectivity index (χ3v) is 7.06. The number of hydrogen-bond acceptors (Lipinski definition) is 5. The molecule has 3 N–H and O–H groups in total. The molecule has 0 spiro atoms. The summed E-state index contributed by atoms with van der Waals surface area (Å²) in [5, 5.41) is 6.48. The molecule has 9 heteroatoms. The molecule has 43 heavy (non-hydrogen) atoms. The first-order chi connectivity index (χ1) is 20.7. The number of aromatic amines is 1. The molecule has 0 radical (unpaired) electrons. The molecule has 2 aromatic carbocycles. The van der Waals surface area contributed by atoms with Gasteiger partial charge in [-0.1, -0.05) is 74.5 Å². The number of fused-ring (bicyclic) bond motifs is 1. The van der Waals surface area contributed by atoms with Crippen LogP contribution in [0.2, 0.25) is 0 Å². The Morgan fingerprint density at radius 2 is 1.70 bits per heavy atom. The Morgan fingerprint density at radius 3 is 2.35 bits per heavy atom. The predicted molar refractivity (Wildman–Crippen MR) is 168 cm³/mol. The van der Waals surface area contributed by atoms with Gasteiger partial charge in [-0.3, -0.25) is 14.4 Å². The molecule has 224 valence electrons. The first kappa shape index (κ1) is 31.0. The number of pyridine rings is 1. The summed E-state index contributed by atoms with van der Waals surface area (Å²) in [7, 11) is 1.61. The third-order valence-electron chi connectivity index (χ3n) is 7.06. The van der Waals surface area contributed by atoms with Gasteiger partial charge in [-0.05, 0) is 29.5 Å². The van der Waals surface area contributed by atoms with Crippen LogP contribution >= 0.6 is 0 Å². The number of carbonyl (C=O) groups excluding carboxylic acids is 3. The highest BCUT2D eigenvalue weighted by molar-refractivity contribution is 5.93. The van der Waals surface area contributed by atoms with E-state index in [4.69, 9.17) is 4.74 Å². The van der Waals surface area contributed by atoms with Gasteiger partial charge in [0.05, 0.1) is 5.52 Å². The smallest absolute Gasteiger partial charge is 0.247 e. The Balaban J connectivity index is 1.46. The molecule has 3 amide bonds. The van der Waals surface area contributed by atoms with Crippen LogP contribution in [0.3, 0.4) is 0 Å². The summed E-state index contributed by atoms with van der Waals surface area (Å²) in [6.45, 7) is 5.78. The molecular weight excluding hydrogens is 542 g/mol. The molecule has 1 unspecified atom stereocenters. The average molecular weight is 582 g/mol. The van der Waals surface area contributed by atoms with Crippen molar-refractivity contribution in [2.24, 2.45) is 5.92 Å². The van der Waals surface area contributed by atoms with Gasteiger partial charge in [0.2, 0.25) is 23.6 Å². The molecule has 0 saturated heterocycles. The fourth-order valence-electron chi connectivity index (χ4n) is 4.86. The van der Waals surface area contributed by atoms with Crippen molar-refractivity contribution >= 4 is 34.7 Å². The molecule has 2 aromatic heterocycles. The number of hydrogen-bond donors (Lipinski definition) is 3. The van der Waals surface area contributed by atoms with E-state index in [1.807, 2.05) is 86.8 Å². The first-order valence-corrected chi connectivity index (χ1v) is 14.4. The predicted octanol–water partition coefficient (Wildman–Crippen LogP) is 4.85. The maximum Gasteiger partial charge on any atom is 0.247 e. The zero-order valence-electron chi connectivity index (χ0n) is 25.0. The molecule has 2 heterocycles. The lowest BCUT2D eigenvalue weighted by molar-refractivity contribution is -0.141. The fourth-order valence-corrected chi connectivity index (χ4v) is 4.86. The second-order valence-electron chi connectivity index (χ2n) is 11.0. The molecule has 2 atom stereocenters. The van der Waals surface area contributed by atoms with E-state index in [0.717, 1.165) is 27.6 Å². The zero-order chi connectivity index (χ0) is 30.8. The normalized spacial score (nSPS) is 12.7. The number of carbonyl (C=O) groups is 3. The largest absolute Gasteiger partial charge is 0.473 e. The van der Waals surface area contributed by atoms with Crippen molar-refractivity contribution in [1.29, 1.82) is 0 Å². The SMILES string of the molecule is CC(=O)N[C@H](CC(C)C)C(=O)N(C)C(Cc1ccccc1)C(=O)N/C=C\c1c[nH]c2cc(OCc3ccccc3)ncc12. The van der Waals surface area contributed by atoms with Crippen LogP contribution in [-0.2, 0) is 27.4 Å². The lowest BCUT2D eigenvalue weighted by Gasteiger charge is -2.31. The fraction of sp³-hybridized carbons (Fsp3) is 0.294. The number of rotatable bonds is 13. The van der Waals surface area contributed by atoms with Crippen LogP contribution in [0.5, 0.6) is 5.88 Å². The molecule has 4 rings (SSSR count). The van der Waals surface area contributed by atoms with E-state index < -0.39 is 12.1 Å². The van der Waals surface area contributed by atoms with Gasteiger partial charge < -0.3 is 25.3 Å². The van der Waals surface area contributed by atoms with E-state index in [-0.39, 0.29) is 23.6 Å². The first-order valence-electron chi connectivity index (χ1n) is 14.4. The molecular formula is C34H39N5O4. The van der Waals surface area contributed by atoms with Crippen molar-refractivity contribution in [3.8, 4) is 5.88 Å². The van der Waals surface area contributed by atoms with Crippen molar-refractivity contribution in [3.63, 3.8) is 0 Å². The Labute approximate surface area is 252 Å². The molecule has 0 aliphatic carbocycles. The molecule has 0 aliphatic heterocycles. The minimum absolute atomic E-state index is 0.177. The van der Waals surface area contributed by atoms with Crippen molar-refractivity contribution in [3.05, 3.63) is 102 Å². The average Bonchev–Trinajstić information content (AvgIpc) is 3.40. The topological polar surface area (TPSA) is 116 Å². The van der Waals surface area contributed by atoms with Crippen LogP contribution in [0.15, 0.2) is 85.3 Å². The quantitative estimate of drug-likeness (QED) is 0.209. The Hall–Kier alpha value is -4.92. The number of ether oxygens (including phenoxy) is 1. The summed E-state index contributed by atoms with van der Waals surface area (Å²) in [4.78, 5) is 47.9. The highest BCUT2D eigenvalue weighted by Crippen LogP contribution is 2.22. The van der Waals surface area contributed by atoms with Gasteiger partial charge >= 0.3 is 0 Å². The number of aromatic nitrogens is 2. The lowest BCUT2D eigenvalue weighted by Crippen LogP contribution is -2.54. The Bertz CT molecular complexity index is 1550. The van der Waals surface area contributed by atoms with Crippen molar-refractivity contribution < 1.29 is 19.1 Å². The highest BCUT2D eigenvalue weighted by Gasteiger charge is 2.32. The minimum Gasteiger partial charge on any atom is -0.473 e. The van der Waals surface area contributed by atoms with Crippen LogP contribution in [0, 0.1) is 5.92 Å². The molecule has 0 aliphatic rings. The zero-order valence-corrected chi connectivity index (χ0v) is 25.0. The number of likely N-dealkylation sites (N-methyl/N-ethyl adjacent to an activating group) is 1. The summed E-state index contributed by atoms with van der Waals surface area (Å²) >= 11 is 0. The Morgan fingerprint density at radius 1 is 1.02 bits per heavy atom. The summed E-state index contributed by atoms with van der Waals surface area (Å²) < 4.78 is 5.84. The van der Waals surface area contributed by atoms with Crippen molar-refractivity contribution in [1.82, 2.24) is 25.5 Å². The monoisotopic (exact) mass is 581 g/mol. The van der Waals surface area contributed by atoms with E-state index >= 15 is 0 Å². The molecule has 0 saturated carbocycles. The number of nitrogens with zero attached hydrogens (tertiary/aromatic N) is 2. The van der Waals surface area contributed by atoms with E-state index in [2.05, 4.69) is 20.6 Å². The van der Waals surface area contributed by atoms with E-state index in [9.17, 15) is 14.4 Å². The van der Waals surface area contributed by atoms with E-state index in [1.165, 1.54) is 11.8 Å². The van der Waals surface area contributed by atoms with Crippen LogP contribution in [-0.4, -0.2) is 51.7 Å². The number of benzene rings is 2. The van der Waals surface area contributed by atoms with Crippen molar-refractivity contribution in [2.45, 2.75) is 52.3 Å². The van der Waals surface area contributed by atoms with E-state index in [0.29, 0.717) is 25.3 Å². The van der Waals surface area contributed by atoms with Gasteiger partial charge in [-0.15, -0.1) is 0 Å². The van der Waals surface area contributed by atoms with Crippen LogP contribution in [0.25, 0.3) is 17.0 Å². The maximum atomic E-state index is 13.5. The molecule has 4 aromatic rings. The summed E-state index contributed by atoms with van der Waals surface area (Å²) in [6.07, 6.45) is 7.70. The van der Waals surface area contributed by atoms with E-state index in [1.54, 1.807) is 25.5 Å². The van der Waals surface area contributed by atoms with Crippen LogP contribution < -0.4 is 15.4 Å². The summed E-state index contributed by atoms with van der Waals surface area (Å²) in [5.74, 6) is -0.250. The van der Waals surface area contributed by atoms with Gasteiger partial charge in [-0.25, -0.2) is 4.98 Å². The maximum absolute atomic E-state index is 13.5. The minimum atomic E-state index is -0.795. The molecule has 0 fully saturated rings. The van der Waals surface area contributed by atoms with Crippen molar-refractivity contribution in [2.75, 3.05) is 7.05 Å². The lowest BCUT2D eigenvalue weighted by atomic mass is 10.00. The number of nitrogens with one attached hydrogen (secondary N) is 3.